The van der Waals surface area contributed by atoms with Gasteiger partial charge in [-0.15, -0.1) is 0 Å². The first-order valence-corrected chi connectivity index (χ1v) is 7.16. The van der Waals surface area contributed by atoms with Gasteiger partial charge in [-0.1, -0.05) is 0 Å². The summed E-state index contributed by atoms with van der Waals surface area (Å²) < 4.78 is 17.0. The predicted octanol–water partition coefficient (Wildman–Crippen LogP) is 1.07. The van der Waals surface area contributed by atoms with Crippen LogP contribution in [0.25, 0.3) is 5.65 Å². The number of aromatic nitrogens is 2. The van der Waals surface area contributed by atoms with Crippen molar-refractivity contribution in [2.45, 2.75) is 25.3 Å². The topological polar surface area (TPSA) is 83.9 Å². The average Bonchev–Trinajstić information content (AvgIpc) is 3.21. The molecule has 1 aliphatic heterocycles. The lowest BCUT2D eigenvalue weighted by Crippen LogP contribution is -2.30. The van der Waals surface area contributed by atoms with Crippen LogP contribution in [0.4, 0.5) is 10.5 Å². The van der Waals surface area contributed by atoms with Crippen molar-refractivity contribution in [3.05, 3.63) is 29.7 Å². The van der Waals surface area contributed by atoms with Gasteiger partial charge in [-0.2, -0.15) is 0 Å². The van der Waals surface area contributed by atoms with E-state index in [0.29, 0.717) is 17.3 Å². The van der Waals surface area contributed by atoms with Gasteiger partial charge in [-0.05, 0) is 30.4 Å². The van der Waals surface area contributed by atoms with Crippen LogP contribution in [0.5, 0.6) is 0 Å². The Labute approximate surface area is 130 Å². The molecule has 0 radical (unpaired) electrons. The second-order valence-corrected chi connectivity index (χ2v) is 5.76. The molecule has 114 valence electrons. The summed E-state index contributed by atoms with van der Waals surface area (Å²) in [6.45, 7) is -2.12. The molecule has 2 N–H and O–H groups in total. The number of imidazole rings is 1. The molecule has 1 saturated carbocycles. The smallest absolute Gasteiger partial charge is 0.325 e. The predicted molar refractivity (Wildman–Crippen MR) is 80.6 cm³/mol. The summed E-state index contributed by atoms with van der Waals surface area (Å²) >= 11 is 0. The summed E-state index contributed by atoms with van der Waals surface area (Å²) in [6, 6.07) is 1.47. The highest BCUT2D eigenvalue weighted by Gasteiger charge is 2.36. The summed E-state index contributed by atoms with van der Waals surface area (Å²) in [6.07, 6.45) is 5.59. The summed E-state index contributed by atoms with van der Waals surface area (Å²) in [5.74, 6) is 0.149. The molecule has 7 heteroatoms. The Kier molecular flexibility index (Phi) is 2.31. The van der Waals surface area contributed by atoms with Crippen molar-refractivity contribution in [1.29, 1.82) is 0 Å². The number of hydrogen-bond donors (Lipinski definition) is 1. The van der Waals surface area contributed by atoms with Gasteiger partial charge in [0.05, 0.1) is 11.4 Å². The molecule has 0 aromatic carbocycles. The SMILES string of the molecule is [2H]C([2H])(N)c1cn2cc(C3CC3)cc(N3CC(=O)N(C)C3=O)c2n1. The van der Waals surface area contributed by atoms with E-state index >= 15 is 0 Å². The van der Waals surface area contributed by atoms with Gasteiger partial charge in [0.1, 0.15) is 6.54 Å². The molecule has 0 bridgehead atoms. The zero-order valence-electron chi connectivity index (χ0n) is 14.1. The lowest BCUT2D eigenvalue weighted by molar-refractivity contribution is -0.123. The number of amides is 3. The summed E-state index contributed by atoms with van der Waals surface area (Å²) in [5.41, 5.74) is 7.58. The number of urea groups is 1. The monoisotopic (exact) mass is 301 g/mol. The lowest BCUT2D eigenvalue weighted by Gasteiger charge is -2.17. The molecule has 4 rings (SSSR count). The molecule has 3 heterocycles. The third kappa shape index (κ3) is 1.89. The molecule has 7 nitrogen and oxygen atoms in total. The minimum absolute atomic E-state index is 0.0448. The van der Waals surface area contributed by atoms with E-state index in [1.165, 1.54) is 18.1 Å². The van der Waals surface area contributed by atoms with E-state index in [1.807, 2.05) is 12.3 Å². The highest BCUT2D eigenvalue weighted by molar-refractivity contribution is 6.13. The number of carbonyl (C=O) groups is 2. The minimum Gasteiger partial charge on any atom is -0.325 e. The van der Waals surface area contributed by atoms with Gasteiger partial charge in [-0.25, -0.2) is 9.78 Å². The Morgan fingerprint density at radius 2 is 2.18 bits per heavy atom. The Balaban J connectivity index is 1.90. The number of nitrogens with zero attached hydrogens (tertiary/aromatic N) is 4. The number of fused-ring (bicyclic) bond motifs is 1. The molecule has 0 unspecified atom stereocenters. The van der Waals surface area contributed by atoms with E-state index in [2.05, 4.69) is 4.98 Å². The number of likely N-dealkylation sites (N-methyl/N-ethyl adjacent to an activating group) is 1. The van der Waals surface area contributed by atoms with E-state index in [9.17, 15) is 9.59 Å². The van der Waals surface area contributed by atoms with Crippen molar-refractivity contribution < 1.29 is 12.3 Å². The molecule has 0 atom stereocenters. The van der Waals surface area contributed by atoms with Crippen molar-refractivity contribution in [1.82, 2.24) is 14.3 Å². The Bertz CT molecular complexity index is 869. The standard InChI is InChI=1S/C15H17N5O2/c1-18-13(21)8-20(15(18)22)12-4-10(9-2-3-9)6-19-7-11(5-16)17-14(12)19/h4,6-7,9H,2-3,5,8,16H2,1H3/i5D2. The van der Waals surface area contributed by atoms with Gasteiger partial charge in [-0.3, -0.25) is 14.6 Å². The molecule has 2 fully saturated rings. The van der Waals surface area contributed by atoms with Crippen LogP contribution in [-0.4, -0.2) is 39.8 Å². The molecule has 2 aromatic rings. The Hall–Kier alpha value is -2.41. The van der Waals surface area contributed by atoms with Gasteiger partial charge in [0.25, 0.3) is 0 Å². The molecular weight excluding hydrogens is 282 g/mol. The highest BCUT2D eigenvalue weighted by atomic mass is 16.2. The van der Waals surface area contributed by atoms with Gasteiger partial charge < -0.3 is 10.1 Å². The van der Waals surface area contributed by atoms with Crippen LogP contribution in [0.2, 0.25) is 0 Å². The van der Waals surface area contributed by atoms with Crippen LogP contribution in [0, 0.1) is 0 Å². The van der Waals surface area contributed by atoms with Crippen LogP contribution < -0.4 is 10.6 Å². The number of anilines is 1. The molecule has 0 spiro atoms. The molecular formula is C15H17N5O2. The number of imide groups is 1. The van der Waals surface area contributed by atoms with E-state index in [0.717, 1.165) is 23.3 Å². The molecule has 2 aliphatic rings. The largest absolute Gasteiger partial charge is 0.331 e. The van der Waals surface area contributed by atoms with Crippen molar-refractivity contribution in [2.24, 2.45) is 5.73 Å². The summed E-state index contributed by atoms with van der Waals surface area (Å²) in [4.78, 5) is 30.9. The molecule has 1 aliphatic carbocycles. The fraction of sp³-hybridized carbons (Fsp3) is 0.400. The second kappa shape index (κ2) is 4.54. The van der Waals surface area contributed by atoms with E-state index in [1.54, 1.807) is 4.40 Å². The van der Waals surface area contributed by atoms with Crippen LogP contribution >= 0.6 is 0 Å². The molecule has 2 aromatic heterocycles. The number of rotatable bonds is 3. The van der Waals surface area contributed by atoms with Crippen molar-refractivity contribution >= 4 is 23.3 Å². The first-order chi connectivity index (χ1) is 11.3. The third-order valence-corrected chi connectivity index (χ3v) is 4.23. The van der Waals surface area contributed by atoms with Crippen molar-refractivity contribution in [3.8, 4) is 0 Å². The van der Waals surface area contributed by atoms with Gasteiger partial charge >= 0.3 is 6.03 Å². The maximum absolute atomic E-state index is 12.4. The van der Waals surface area contributed by atoms with Gasteiger partial charge in [0.2, 0.25) is 5.91 Å². The third-order valence-electron chi connectivity index (χ3n) is 4.23. The summed E-state index contributed by atoms with van der Waals surface area (Å²) in [7, 11) is 1.45. The Morgan fingerprint density at radius 1 is 1.41 bits per heavy atom. The van der Waals surface area contributed by atoms with Crippen LogP contribution in [-0.2, 0) is 11.3 Å². The number of pyridine rings is 1. The lowest BCUT2D eigenvalue weighted by atomic mass is 10.1. The minimum atomic E-state index is -2.08. The maximum atomic E-state index is 12.4. The van der Waals surface area contributed by atoms with E-state index in [-0.39, 0.29) is 18.1 Å². The Morgan fingerprint density at radius 3 is 2.77 bits per heavy atom. The molecule has 1 saturated heterocycles. The van der Waals surface area contributed by atoms with Gasteiger partial charge in [0, 0.05) is 28.7 Å². The quantitative estimate of drug-likeness (QED) is 0.859. The number of nitrogens with two attached hydrogens (primary N) is 1. The van der Waals surface area contributed by atoms with Crippen LogP contribution in [0.3, 0.4) is 0 Å². The number of carbonyl (C=O) groups excluding carboxylic acids is 2. The first-order valence-electron chi connectivity index (χ1n) is 8.16. The second-order valence-electron chi connectivity index (χ2n) is 5.76. The highest BCUT2D eigenvalue weighted by Crippen LogP contribution is 2.42. The zero-order chi connectivity index (χ0) is 17.2. The summed E-state index contributed by atoms with van der Waals surface area (Å²) in [5, 5.41) is 0. The fourth-order valence-electron chi connectivity index (χ4n) is 2.79. The molecule has 3 amide bonds. The average molecular weight is 301 g/mol. The van der Waals surface area contributed by atoms with E-state index in [4.69, 9.17) is 8.48 Å². The zero-order valence-corrected chi connectivity index (χ0v) is 12.1. The first kappa shape index (κ1) is 11.2. The molecule has 22 heavy (non-hydrogen) atoms. The van der Waals surface area contributed by atoms with Crippen LogP contribution in [0.1, 0.15) is 32.8 Å². The maximum Gasteiger partial charge on any atom is 0.331 e. The van der Waals surface area contributed by atoms with Crippen molar-refractivity contribution in [3.63, 3.8) is 0 Å². The van der Waals surface area contributed by atoms with E-state index < -0.39 is 12.5 Å². The van der Waals surface area contributed by atoms with Crippen LogP contribution in [0.15, 0.2) is 18.5 Å². The number of hydrogen-bond acceptors (Lipinski definition) is 4. The van der Waals surface area contributed by atoms with Gasteiger partial charge in [0.15, 0.2) is 5.65 Å². The fourth-order valence-corrected chi connectivity index (χ4v) is 2.79. The normalized spacial score (nSPS) is 20.8. The van der Waals surface area contributed by atoms with Crippen molar-refractivity contribution in [2.75, 3.05) is 18.5 Å².